The van der Waals surface area contributed by atoms with Gasteiger partial charge in [-0.25, -0.2) is 4.39 Å². The number of aromatic nitrogens is 1. The van der Waals surface area contributed by atoms with Gasteiger partial charge in [0.25, 0.3) is 11.8 Å². The van der Waals surface area contributed by atoms with Crippen molar-refractivity contribution in [2.24, 2.45) is 11.7 Å². The minimum atomic E-state index is -4.93. The molecule has 4 atom stereocenters. The zero-order valence-electron chi connectivity index (χ0n) is 18.6. The summed E-state index contributed by atoms with van der Waals surface area (Å²) in [6, 6.07) is 2.32. The fraction of sp³-hybridized carbons (Fsp3) is 0.381. The predicted octanol–water partition coefficient (Wildman–Crippen LogP) is 3.55. The third-order valence-corrected chi connectivity index (χ3v) is 5.76. The summed E-state index contributed by atoms with van der Waals surface area (Å²) in [5, 5.41) is 2.25. The number of ether oxygens (including phenoxy) is 2. The molecule has 2 aromatic rings. The van der Waals surface area contributed by atoms with Crippen LogP contribution in [0.3, 0.4) is 0 Å². The Kier molecular flexibility index (Phi) is 5.95. The van der Waals surface area contributed by atoms with E-state index >= 15 is 0 Å². The molecule has 33 heavy (non-hydrogen) atoms. The van der Waals surface area contributed by atoms with Crippen molar-refractivity contribution in [2.75, 3.05) is 12.4 Å². The molecule has 7 nitrogen and oxygen atoms in total. The van der Waals surface area contributed by atoms with Gasteiger partial charge < -0.3 is 20.5 Å². The first-order valence-electron chi connectivity index (χ1n) is 10.1. The van der Waals surface area contributed by atoms with Crippen LogP contribution in [0.4, 0.5) is 27.6 Å². The average Bonchev–Trinajstić information content (AvgIpc) is 3.03. The molecule has 1 aliphatic rings. The number of nitrogens with two attached hydrogens (primary N) is 1. The highest BCUT2D eigenvalue weighted by atomic mass is 19.4. The highest BCUT2D eigenvalue weighted by Gasteiger charge is 2.65. The quantitative estimate of drug-likeness (QED) is 0.646. The van der Waals surface area contributed by atoms with Crippen molar-refractivity contribution < 1.29 is 42.4 Å². The number of nitrogens with one attached hydrogen (secondary N) is 1. The Labute approximate surface area is 186 Å². The van der Waals surface area contributed by atoms with Crippen molar-refractivity contribution in [1.29, 1.82) is 0 Å². The number of carbonyl (C=O) groups is 2. The van der Waals surface area contributed by atoms with Gasteiger partial charge in [-0.05, 0) is 25.1 Å². The molecular formula is C21H20F5N3O4. The minimum Gasteiger partial charge on any atom is -0.493 e. The van der Waals surface area contributed by atoms with Crippen LogP contribution in [0.25, 0.3) is 0 Å². The maximum absolute atomic E-state index is 14.4. The number of hydrogen-bond acceptors (Lipinski definition) is 5. The standard InChI is InChI=1S/C21H20F5N3O4/c1-9-14(11-4-5-12(22)15(23)16(11)32-3)17(33-20(9,2)21(24,25)26)19(31)29-10-6-7-28-13(8-10)18(27)30/h4-9,14,17H,1-3H3,(H2,27,30)(H,28,29,31)/t9-,14+,17+,20+/m1/s1/i8D. The molecule has 0 unspecified atom stereocenters. The van der Waals surface area contributed by atoms with E-state index in [1.165, 1.54) is 6.92 Å². The molecule has 1 saturated heterocycles. The second-order valence-electron chi connectivity index (χ2n) is 7.63. The van der Waals surface area contributed by atoms with E-state index in [0.29, 0.717) is 6.07 Å². The number of primary amides is 1. The molecule has 178 valence electrons. The van der Waals surface area contributed by atoms with E-state index in [1.54, 1.807) is 0 Å². The molecule has 2 amide bonds. The molecule has 1 aliphatic heterocycles. The lowest BCUT2D eigenvalue weighted by molar-refractivity contribution is -0.272. The van der Waals surface area contributed by atoms with E-state index in [2.05, 4.69) is 10.3 Å². The number of carbonyl (C=O) groups excluding carboxylic acids is 2. The predicted molar refractivity (Wildman–Crippen MR) is 106 cm³/mol. The Hall–Kier alpha value is -3.28. The number of benzene rings is 1. The maximum atomic E-state index is 14.4. The van der Waals surface area contributed by atoms with Crippen molar-refractivity contribution in [3.05, 3.63) is 53.3 Å². The lowest BCUT2D eigenvalue weighted by Crippen LogP contribution is -2.47. The third kappa shape index (κ3) is 4.22. The minimum absolute atomic E-state index is 0.208. The molecular weight excluding hydrogens is 453 g/mol. The summed E-state index contributed by atoms with van der Waals surface area (Å²) in [7, 11) is 1.01. The highest BCUT2D eigenvalue weighted by Crippen LogP contribution is 2.55. The van der Waals surface area contributed by atoms with Crippen LogP contribution in [0.5, 0.6) is 5.75 Å². The summed E-state index contributed by atoms with van der Waals surface area (Å²) in [5.74, 6) is -8.43. The molecule has 1 fully saturated rings. The zero-order valence-corrected chi connectivity index (χ0v) is 17.6. The van der Waals surface area contributed by atoms with Crippen molar-refractivity contribution >= 4 is 17.5 Å². The number of rotatable bonds is 5. The van der Waals surface area contributed by atoms with Gasteiger partial charge >= 0.3 is 6.18 Å². The number of alkyl halides is 3. The van der Waals surface area contributed by atoms with Gasteiger partial charge in [0.05, 0.1) is 8.48 Å². The number of nitrogens with zero attached hydrogens (tertiary/aromatic N) is 1. The summed E-state index contributed by atoms with van der Waals surface area (Å²) in [6.45, 7) is 1.91. The fourth-order valence-corrected chi connectivity index (χ4v) is 3.83. The number of halogens is 5. The van der Waals surface area contributed by atoms with E-state index in [4.69, 9.17) is 16.6 Å². The van der Waals surface area contributed by atoms with E-state index in [-0.39, 0.29) is 11.3 Å². The molecule has 0 aliphatic carbocycles. The number of pyridine rings is 1. The molecule has 2 heterocycles. The van der Waals surface area contributed by atoms with Crippen LogP contribution in [-0.4, -0.2) is 41.8 Å². The van der Waals surface area contributed by atoms with E-state index < -0.39 is 70.7 Å². The van der Waals surface area contributed by atoms with Gasteiger partial charge in [0.15, 0.2) is 17.2 Å². The van der Waals surface area contributed by atoms with Gasteiger partial charge in [-0.3, -0.25) is 14.6 Å². The van der Waals surface area contributed by atoms with E-state index in [9.17, 15) is 31.5 Å². The van der Waals surface area contributed by atoms with Crippen LogP contribution >= 0.6 is 0 Å². The van der Waals surface area contributed by atoms with Gasteiger partial charge in [-0.15, -0.1) is 0 Å². The Morgan fingerprint density at radius 2 is 1.97 bits per heavy atom. The van der Waals surface area contributed by atoms with Crippen LogP contribution in [0.15, 0.2) is 30.4 Å². The number of methoxy groups -OCH3 is 1. The average molecular weight is 474 g/mol. The van der Waals surface area contributed by atoms with Crippen LogP contribution in [0.2, 0.25) is 0 Å². The smallest absolute Gasteiger partial charge is 0.417 e. The van der Waals surface area contributed by atoms with Crippen LogP contribution in [0, 0.1) is 17.6 Å². The summed E-state index contributed by atoms with van der Waals surface area (Å²) in [5.41, 5.74) is 1.35. The molecule has 0 bridgehead atoms. The van der Waals surface area contributed by atoms with Gasteiger partial charge in [0.1, 0.15) is 11.8 Å². The highest BCUT2D eigenvalue weighted by molar-refractivity contribution is 5.97. The number of hydrogen-bond donors (Lipinski definition) is 2. The summed E-state index contributed by atoms with van der Waals surface area (Å²) in [4.78, 5) is 28.2. The number of amides is 2. The van der Waals surface area contributed by atoms with Gasteiger partial charge in [-0.2, -0.15) is 17.6 Å². The molecule has 12 heteroatoms. The maximum Gasteiger partial charge on any atom is 0.417 e. The molecule has 1 aromatic heterocycles. The number of anilines is 1. The first-order valence-corrected chi connectivity index (χ1v) is 9.57. The molecule has 0 radical (unpaired) electrons. The second-order valence-corrected chi connectivity index (χ2v) is 7.63. The Morgan fingerprint density at radius 3 is 2.55 bits per heavy atom. The second kappa shape index (κ2) is 8.58. The Morgan fingerprint density at radius 1 is 1.30 bits per heavy atom. The largest absolute Gasteiger partial charge is 0.493 e. The first kappa shape index (κ1) is 22.9. The Balaban J connectivity index is 2.11. The van der Waals surface area contributed by atoms with Crippen LogP contribution in [0.1, 0.15) is 37.2 Å². The molecule has 1 aromatic carbocycles. The van der Waals surface area contributed by atoms with Crippen LogP contribution in [-0.2, 0) is 9.53 Å². The Bertz CT molecular complexity index is 1150. The zero-order chi connectivity index (χ0) is 25.6. The molecule has 3 N–H and O–H groups in total. The fourth-order valence-electron chi connectivity index (χ4n) is 3.83. The first-order chi connectivity index (χ1) is 15.7. The van der Waals surface area contributed by atoms with Crippen molar-refractivity contribution in [2.45, 2.75) is 37.6 Å². The lowest BCUT2D eigenvalue weighted by atomic mass is 9.77. The SMILES string of the molecule is [2H]c1c(NC(=O)[C@H]2O[C@](C)(C(F)(F)F)[C@H](C)[C@H]2c2ccc(F)c(F)c2OC)ccnc1C(N)=O. The topological polar surface area (TPSA) is 104 Å². The molecule has 0 spiro atoms. The third-order valence-electron chi connectivity index (χ3n) is 5.76. The summed E-state index contributed by atoms with van der Waals surface area (Å²) < 4.78 is 88.2. The lowest BCUT2D eigenvalue weighted by Gasteiger charge is -2.32. The molecule has 0 saturated carbocycles. The van der Waals surface area contributed by atoms with Gasteiger partial charge in [-0.1, -0.05) is 13.0 Å². The van der Waals surface area contributed by atoms with E-state index in [0.717, 1.165) is 32.4 Å². The van der Waals surface area contributed by atoms with Gasteiger partial charge in [0, 0.05) is 29.3 Å². The van der Waals surface area contributed by atoms with Crippen molar-refractivity contribution in [3.8, 4) is 5.75 Å². The van der Waals surface area contributed by atoms with Crippen molar-refractivity contribution in [3.63, 3.8) is 0 Å². The summed E-state index contributed by atoms with van der Waals surface area (Å²) in [6.07, 6.45) is -5.71. The van der Waals surface area contributed by atoms with E-state index in [1.807, 2.05) is 0 Å². The summed E-state index contributed by atoms with van der Waals surface area (Å²) >= 11 is 0. The van der Waals surface area contributed by atoms with Crippen LogP contribution < -0.4 is 15.8 Å². The molecule has 3 rings (SSSR count). The van der Waals surface area contributed by atoms with Gasteiger partial charge in [0.2, 0.25) is 5.82 Å². The van der Waals surface area contributed by atoms with Crippen molar-refractivity contribution in [1.82, 2.24) is 4.98 Å². The monoisotopic (exact) mass is 474 g/mol. The normalized spacial score (nSPS) is 25.5.